The number of hydrogen-bond acceptors (Lipinski definition) is 7. The number of nitrogens with one attached hydrogen (secondary N) is 1. The average molecular weight is 431 g/mol. The maximum Gasteiger partial charge on any atom is 0.255 e. The van der Waals surface area contributed by atoms with Crippen molar-refractivity contribution in [1.29, 1.82) is 0 Å². The number of morpholine rings is 1. The predicted molar refractivity (Wildman–Crippen MR) is 114 cm³/mol. The van der Waals surface area contributed by atoms with Crippen LogP contribution >= 0.6 is 12.4 Å². The first kappa shape index (κ1) is 21.0. The highest BCUT2D eigenvalue weighted by atomic mass is 35.5. The summed E-state index contributed by atoms with van der Waals surface area (Å²) in [7, 11) is 0. The largest absolute Gasteiger partial charge is 0.379 e. The zero-order valence-electron chi connectivity index (χ0n) is 16.9. The molecule has 0 bridgehead atoms. The lowest BCUT2D eigenvalue weighted by Crippen LogP contribution is -2.45. The van der Waals surface area contributed by atoms with Crippen molar-refractivity contribution in [2.24, 2.45) is 0 Å². The molecule has 2 aromatic heterocycles. The van der Waals surface area contributed by atoms with Gasteiger partial charge in [-0.15, -0.1) is 12.4 Å². The van der Waals surface area contributed by atoms with E-state index in [9.17, 15) is 0 Å². The zero-order valence-corrected chi connectivity index (χ0v) is 17.7. The lowest BCUT2D eigenvalue weighted by Gasteiger charge is -2.34. The molecule has 0 spiro atoms. The zero-order chi connectivity index (χ0) is 19.5. The van der Waals surface area contributed by atoms with E-state index in [1.807, 2.05) is 23.0 Å². The van der Waals surface area contributed by atoms with Crippen LogP contribution in [0.15, 0.2) is 47.2 Å². The van der Waals surface area contributed by atoms with Crippen molar-refractivity contribution in [3.63, 3.8) is 0 Å². The van der Waals surface area contributed by atoms with Gasteiger partial charge in [-0.2, -0.15) is 10.1 Å². The summed E-state index contributed by atoms with van der Waals surface area (Å²) in [5.74, 6) is 1.27. The first-order chi connectivity index (χ1) is 14.3. The molecule has 0 saturated carbocycles. The van der Waals surface area contributed by atoms with Crippen LogP contribution in [0.3, 0.4) is 0 Å². The van der Waals surface area contributed by atoms with Gasteiger partial charge in [-0.05, 0) is 43.6 Å². The number of aromatic nitrogens is 4. The number of benzene rings is 1. The molecule has 2 aliphatic heterocycles. The fourth-order valence-corrected chi connectivity index (χ4v) is 4.26. The van der Waals surface area contributed by atoms with Crippen LogP contribution in [0.1, 0.15) is 24.3 Å². The molecule has 0 amide bonds. The summed E-state index contributed by atoms with van der Waals surface area (Å²) < 4.78 is 13.2. The van der Waals surface area contributed by atoms with Crippen molar-refractivity contribution in [3.8, 4) is 11.4 Å². The van der Waals surface area contributed by atoms with Gasteiger partial charge < -0.3 is 14.6 Å². The summed E-state index contributed by atoms with van der Waals surface area (Å²) in [5.41, 5.74) is 1.85. The molecule has 2 saturated heterocycles. The highest BCUT2D eigenvalue weighted by molar-refractivity contribution is 5.85. The molecule has 30 heavy (non-hydrogen) atoms. The summed E-state index contributed by atoms with van der Waals surface area (Å²) in [6.07, 6.45) is 5.52. The highest BCUT2D eigenvalue weighted by Gasteiger charge is 2.41. The molecule has 160 valence electrons. The SMILES string of the molecule is Cl.c1cc(CN2CCOCC2)cc(-c2noc(C3(n4cccn4)CCNCC3)n2)c1. The Labute approximate surface area is 182 Å². The second-order valence-corrected chi connectivity index (χ2v) is 7.74. The van der Waals surface area contributed by atoms with E-state index in [1.54, 1.807) is 6.20 Å². The second kappa shape index (κ2) is 9.26. The van der Waals surface area contributed by atoms with E-state index in [-0.39, 0.29) is 17.9 Å². The van der Waals surface area contributed by atoms with Gasteiger partial charge in [0.1, 0.15) is 5.54 Å². The van der Waals surface area contributed by atoms with Crippen LogP contribution in [0.4, 0.5) is 0 Å². The average Bonchev–Trinajstić information content (AvgIpc) is 3.48. The van der Waals surface area contributed by atoms with Crippen LogP contribution in [0.2, 0.25) is 0 Å². The Morgan fingerprint density at radius 2 is 1.93 bits per heavy atom. The van der Waals surface area contributed by atoms with Crippen molar-refractivity contribution in [2.75, 3.05) is 39.4 Å². The lowest BCUT2D eigenvalue weighted by molar-refractivity contribution is 0.0342. The van der Waals surface area contributed by atoms with Gasteiger partial charge in [-0.1, -0.05) is 23.4 Å². The van der Waals surface area contributed by atoms with Gasteiger partial charge in [0.25, 0.3) is 5.89 Å². The molecule has 8 nitrogen and oxygen atoms in total. The first-order valence-electron chi connectivity index (χ1n) is 10.3. The molecule has 2 fully saturated rings. The van der Waals surface area contributed by atoms with Crippen LogP contribution in [-0.4, -0.2) is 64.2 Å². The summed E-state index contributed by atoms with van der Waals surface area (Å²) in [5, 5.41) is 12.2. The van der Waals surface area contributed by atoms with Gasteiger partial charge in [0.2, 0.25) is 5.82 Å². The third kappa shape index (κ3) is 4.13. The Bertz CT molecular complexity index is 933. The van der Waals surface area contributed by atoms with Crippen LogP contribution in [0.25, 0.3) is 11.4 Å². The molecule has 9 heteroatoms. The number of halogens is 1. The molecular weight excluding hydrogens is 404 g/mol. The molecular formula is C21H27ClN6O2. The first-order valence-corrected chi connectivity index (χ1v) is 10.3. The van der Waals surface area contributed by atoms with Crippen LogP contribution in [0.5, 0.6) is 0 Å². The third-order valence-electron chi connectivity index (χ3n) is 5.89. The Balaban J connectivity index is 0.00000218. The van der Waals surface area contributed by atoms with E-state index in [0.717, 1.165) is 64.3 Å². The van der Waals surface area contributed by atoms with Crippen LogP contribution in [-0.2, 0) is 16.8 Å². The normalized spacial score (nSPS) is 19.3. The topological polar surface area (TPSA) is 81.2 Å². The van der Waals surface area contributed by atoms with Gasteiger partial charge in [0.15, 0.2) is 0 Å². The van der Waals surface area contributed by atoms with E-state index in [0.29, 0.717) is 11.7 Å². The molecule has 0 aliphatic carbocycles. The smallest absolute Gasteiger partial charge is 0.255 e. The van der Waals surface area contributed by atoms with Crippen molar-refractivity contribution < 1.29 is 9.26 Å². The highest BCUT2D eigenvalue weighted by Crippen LogP contribution is 2.34. The van der Waals surface area contributed by atoms with Gasteiger partial charge in [0.05, 0.1) is 13.2 Å². The molecule has 0 unspecified atom stereocenters. The lowest BCUT2D eigenvalue weighted by atomic mass is 9.88. The number of piperidine rings is 1. The predicted octanol–water partition coefficient (Wildman–Crippen LogP) is 2.31. The van der Waals surface area contributed by atoms with Gasteiger partial charge in [-0.25, -0.2) is 0 Å². The fraction of sp³-hybridized carbons (Fsp3) is 0.476. The van der Waals surface area contributed by atoms with E-state index in [1.165, 1.54) is 5.56 Å². The molecule has 5 rings (SSSR count). The number of hydrogen-bond donors (Lipinski definition) is 1. The summed E-state index contributed by atoms with van der Waals surface area (Å²) in [4.78, 5) is 7.23. The molecule has 4 heterocycles. The third-order valence-corrected chi connectivity index (χ3v) is 5.89. The minimum Gasteiger partial charge on any atom is -0.379 e. The monoisotopic (exact) mass is 430 g/mol. The van der Waals surface area contributed by atoms with E-state index in [4.69, 9.17) is 14.2 Å². The Morgan fingerprint density at radius 3 is 2.70 bits per heavy atom. The molecule has 2 aliphatic rings. The van der Waals surface area contributed by atoms with Crippen molar-refractivity contribution in [1.82, 2.24) is 30.1 Å². The number of rotatable bonds is 5. The minimum atomic E-state index is -0.384. The van der Waals surface area contributed by atoms with Gasteiger partial charge >= 0.3 is 0 Å². The van der Waals surface area contributed by atoms with E-state index >= 15 is 0 Å². The van der Waals surface area contributed by atoms with Crippen molar-refractivity contribution in [3.05, 3.63) is 54.2 Å². The van der Waals surface area contributed by atoms with Crippen LogP contribution < -0.4 is 5.32 Å². The van der Waals surface area contributed by atoms with Crippen molar-refractivity contribution in [2.45, 2.75) is 24.9 Å². The van der Waals surface area contributed by atoms with Gasteiger partial charge in [0, 0.05) is 37.6 Å². The maximum atomic E-state index is 5.80. The number of ether oxygens (including phenoxy) is 1. The molecule has 0 atom stereocenters. The minimum absolute atomic E-state index is 0. The second-order valence-electron chi connectivity index (χ2n) is 7.74. The van der Waals surface area contributed by atoms with Crippen molar-refractivity contribution >= 4 is 12.4 Å². The Hall–Kier alpha value is -2.26. The summed E-state index contributed by atoms with van der Waals surface area (Å²) >= 11 is 0. The Morgan fingerprint density at radius 1 is 1.10 bits per heavy atom. The molecule has 1 N–H and O–H groups in total. The van der Waals surface area contributed by atoms with E-state index in [2.05, 4.69) is 38.7 Å². The fourth-order valence-electron chi connectivity index (χ4n) is 4.26. The summed E-state index contributed by atoms with van der Waals surface area (Å²) in [6.45, 7) is 6.24. The molecule has 1 aromatic carbocycles. The quantitative estimate of drug-likeness (QED) is 0.665. The number of nitrogens with zero attached hydrogens (tertiary/aromatic N) is 5. The van der Waals surface area contributed by atoms with Crippen LogP contribution in [0, 0.1) is 0 Å². The Kier molecular flexibility index (Phi) is 6.48. The van der Waals surface area contributed by atoms with Gasteiger partial charge in [-0.3, -0.25) is 9.58 Å². The van der Waals surface area contributed by atoms with E-state index < -0.39 is 0 Å². The molecule has 0 radical (unpaired) electrons. The standard InChI is InChI=1S/C21H26N6O2.ClH/c1-3-17(16-26-11-13-28-14-12-26)15-18(4-1)19-24-20(29-25-19)21(5-8-22-9-6-21)27-10-2-7-23-27;/h1-4,7,10,15,22H,5-6,8-9,11-14,16H2;1H. The molecule has 3 aromatic rings. The maximum absolute atomic E-state index is 5.80. The summed E-state index contributed by atoms with van der Waals surface area (Å²) in [6, 6.07) is 10.4.